The number of anilines is 2. The Balaban J connectivity index is 2.37. The Morgan fingerprint density at radius 3 is 2.75 bits per heavy atom. The number of rotatable bonds is 6. The van der Waals surface area contributed by atoms with E-state index in [1.807, 2.05) is 6.92 Å². The Kier molecular flexibility index (Phi) is 4.73. The number of aryl methyl sites for hydroxylation is 1. The summed E-state index contributed by atoms with van der Waals surface area (Å²) in [6.07, 6.45) is 0.965. The van der Waals surface area contributed by atoms with Crippen LogP contribution in [0.2, 0.25) is 0 Å². The van der Waals surface area contributed by atoms with Crippen molar-refractivity contribution in [2.24, 2.45) is 0 Å². The van der Waals surface area contributed by atoms with Crippen molar-refractivity contribution in [1.82, 2.24) is 15.3 Å². The highest BCUT2D eigenvalue weighted by molar-refractivity contribution is 7.18. The van der Waals surface area contributed by atoms with Crippen LogP contribution in [0.3, 0.4) is 0 Å². The number of nitrogens with one attached hydrogen (secondary N) is 3. The molecule has 6 nitrogen and oxygen atoms in total. The topological polar surface area (TPSA) is 78.9 Å². The number of nitrogens with zero attached hydrogens (tertiary/aromatic N) is 2. The lowest BCUT2D eigenvalue weighted by Crippen LogP contribution is -2.26. The molecular weight excluding hydrogens is 274 g/mol. The summed E-state index contributed by atoms with van der Waals surface area (Å²) in [5, 5.41) is 9.74. The fourth-order valence-electron chi connectivity index (χ4n) is 1.77. The Hall–Kier alpha value is -1.89. The summed E-state index contributed by atoms with van der Waals surface area (Å²) in [6.45, 7) is 5.07. The van der Waals surface area contributed by atoms with Gasteiger partial charge in [-0.25, -0.2) is 4.98 Å². The minimum atomic E-state index is -0.0762. The molecule has 0 fully saturated rings. The average molecular weight is 293 g/mol. The van der Waals surface area contributed by atoms with Crippen molar-refractivity contribution in [1.29, 1.82) is 0 Å². The summed E-state index contributed by atoms with van der Waals surface area (Å²) >= 11 is 1.66. The van der Waals surface area contributed by atoms with Gasteiger partial charge in [0.15, 0.2) is 0 Å². The van der Waals surface area contributed by atoms with Gasteiger partial charge in [-0.05, 0) is 19.4 Å². The lowest BCUT2D eigenvalue weighted by Gasteiger charge is -2.08. The number of aromatic nitrogens is 2. The molecule has 3 N–H and O–H groups in total. The minimum Gasteiger partial charge on any atom is -0.360 e. The van der Waals surface area contributed by atoms with Crippen molar-refractivity contribution in [3.05, 3.63) is 10.9 Å². The summed E-state index contributed by atoms with van der Waals surface area (Å²) in [5.41, 5.74) is 0. The number of amides is 1. The smallest absolute Gasteiger partial charge is 0.239 e. The molecule has 1 amide bonds. The molecule has 0 saturated carbocycles. The first-order valence-corrected chi connectivity index (χ1v) is 7.48. The molecule has 0 spiro atoms. The molecule has 2 rings (SSSR count). The van der Waals surface area contributed by atoms with E-state index in [0.29, 0.717) is 11.8 Å². The molecule has 0 radical (unpaired) electrons. The minimum absolute atomic E-state index is 0.0762. The van der Waals surface area contributed by atoms with Crippen LogP contribution in [0.4, 0.5) is 11.8 Å². The second-order valence-electron chi connectivity index (χ2n) is 4.24. The van der Waals surface area contributed by atoms with Crippen LogP contribution in [0, 0.1) is 0 Å². The molecule has 0 unspecified atom stereocenters. The van der Waals surface area contributed by atoms with Crippen LogP contribution >= 0.6 is 11.3 Å². The predicted octanol–water partition coefficient (Wildman–Crippen LogP) is 1.84. The molecule has 7 heteroatoms. The van der Waals surface area contributed by atoms with Gasteiger partial charge in [-0.1, -0.05) is 6.92 Å². The molecule has 2 aromatic rings. The summed E-state index contributed by atoms with van der Waals surface area (Å²) in [5.74, 6) is 1.21. The largest absolute Gasteiger partial charge is 0.360 e. The first kappa shape index (κ1) is 14.5. The number of hydrogen-bond donors (Lipinski definition) is 3. The monoisotopic (exact) mass is 293 g/mol. The molecule has 2 aromatic heterocycles. The van der Waals surface area contributed by atoms with E-state index in [2.05, 4.69) is 38.9 Å². The Bertz CT molecular complexity index is 610. The Labute approximate surface area is 122 Å². The molecule has 0 atom stereocenters. The molecule has 0 bridgehead atoms. The van der Waals surface area contributed by atoms with E-state index in [0.717, 1.165) is 23.2 Å². The molecule has 0 aromatic carbocycles. The molecule has 0 aliphatic rings. The molecule has 20 heavy (non-hydrogen) atoms. The zero-order chi connectivity index (χ0) is 14.5. The standard InChI is InChI=1S/C13H19N5OS/c1-4-8-6-9-11(16-7-10(19)14-3)17-13(15-5-2)18-12(9)20-8/h6H,4-5,7H2,1-3H3,(H,14,19)(H2,15,16,17,18). The Morgan fingerprint density at radius 1 is 1.30 bits per heavy atom. The zero-order valence-corrected chi connectivity index (χ0v) is 12.7. The third kappa shape index (κ3) is 3.16. The van der Waals surface area contributed by atoms with Gasteiger partial charge >= 0.3 is 0 Å². The second kappa shape index (κ2) is 6.51. The number of carbonyl (C=O) groups is 1. The van der Waals surface area contributed by atoms with Gasteiger partial charge in [-0.3, -0.25) is 4.79 Å². The predicted molar refractivity (Wildman–Crippen MR) is 83.5 cm³/mol. The number of likely N-dealkylation sites (N-methyl/N-ethyl adjacent to an activating group) is 1. The van der Waals surface area contributed by atoms with E-state index >= 15 is 0 Å². The number of hydrogen-bond acceptors (Lipinski definition) is 6. The maximum absolute atomic E-state index is 11.4. The lowest BCUT2D eigenvalue weighted by atomic mass is 10.3. The van der Waals surface area contributed by atoms with Crippen molar-refractivity contribution in [2.75, 3.05) is 30.8 Å². The zero-order valence-electron chi connectivity index (χ0n) is 11.9. The summed E-state index contributed by atoms with van der Waals surface area (Å²) < 4.78 is 0. The highest BCUT2D eigenvalue weighted by atomic mass is 32.1. The number of fused-ring (bicyclic) bond motifs is 1. The average Bonchev–Trinajstić information content (AvgIpc) is 2.87. The van der Waals surface area contributed by atoms with Crippen molar-refractivity contribution >= 4 is 39.2 Å². The van der Waals surface area contributed by atoms with Crippen LogP contribution in [-0.2, 0) is 11.2 Å². The van der Waals surface area contributed by atoms with Gasteiger partial charge < -0.3 is 16.0 Å². The molecule has 0 aliphatic carbocycles. The fourth-order valence-corrected chi connectivity index (χ4v) is 2.74. The van der Waals surface area contributed by atoms with Crippen LogP contribution in [0.5, 0.6) is 0 Å². The maximum atomic E-state index is 11.4. The van der Waals surface area contributed by atoms with Crippen LogP contribution in [0.1, 0.15) is 18.7 Å². The SMILES string of the molecule is CCNc1nc(NCC(=O)NC)c2cc(CC)sc2n1. The van der Waals surface area contributed by atoms with Crippen LogP contribution in [-0.4, -0.2) is 36.0 Å². The van der Waals surface area contributed by atoms with Gasteiger partial charge in [-0.15, -0.1) is 11.3 Å². The Morgan fingerprint density at radius 2 is 2.10 bits per heavy atom. The van der Waals surface area contributed by atoms with E-state index in [9.17, 15) is 4.79 Å². The quantitative estimate of drug-likeness (QED) is 0.757. The van der Waals surface area contributed by atoms with Gasteiger partial charge in [0.1, 0.15) is 10.6 Å². The van der Waals surface area contributed by atoms with Crippen molar-refractivity contribution in [3.8, 4) is 0 Å². The highest BCUT2D eigenvalue weighted by Gasteiger charge is 2.11. The normalized spacial score (nSPS) is 10.6. The van der Waals surface area contributed by atoms with E-state index < -0.39 is 0 Å². The fraction of sp³-hybridized carbons (Fsp3) is 0.462. The van der Waals surface area contributed by atoms with E-state index in [1.54, 1.807) is 18.4 Å². The lowest BCUT2D eigenvalue weighted by molar-refractivity contribution is -0.118. The van der Waals surface area contributed by atoms with Gasteiger partial charge in [-0.2, -0.15) is 4.98 Å². The van der Waals surface area contributed by atoms with Crippen molar-refractivity contribution < 1.29 is 4.79 Å². The molecule has 2 heterocycles. The first-order valence-electron chi connectivity index (χ1n) is 6.66. The third-order valence-electron chi connectivity index (χ3n) is 2.82. The summed E-state index contributed by atoms with van der Waals surface area (Å²) in [6, 6.07) is 2.09. The second-order valence-corrected chi connectivity index (χ2v) is 5.35. The van der Waals surface area contributed by atoms with Crippen molar-refractivity contribution in [3.63, 3.8) is 0 Å². The summed E-state index contributed by atoms with van der Waals surface area (Å²) in [4.78, 5) is 22.5. The maximum Gasteiger partial charge on any atom is 0.239 e. The third-order valence-corrected chi connectivity index (χ3v) is 4.00. The van der Waals surface area contributed by atoms with Crippen LogP contribution in [0.15, 0.2) is 6.07 Å². The van der Waals surface area contributed by atoms with Gasteiger partial charge in [0.05, 0.1) is 11.9 Å². The molecule has 0 saturated heterocycles. The molecule has 0 aliphatic heterocycles. The highest BCUT2D eigenvalue weighted by Crippen LogP contribution is 2.30. The van der Waals surface area contributed by atoms with Gasteiger partial charge in [0, 0.05) is 18.5 Å². The van der Waals surface area contributed by atoms with Gasteiger partial charge in [0.25, 0.3) is 0 Å². The summed E-state index contributed by atoms with van der Waals surface area (Å²) in [7, 11) is 1.61. The first-order chi connectivity index (χ1) is 9.67. The number of thiophene rings is 1. The van der Waals surface area contributed by atoms with Crippen LogP contribution in [0.25, 0.3) is 10.2 Å². The van der Waals surface area contributed by atoms with E-state index in [-0.39, 0.29) is 12.5 Å². The van der Waals surface area contributed by atoms with Crippen molar-refractivity contribution in [2.45, 2.75) is 20.3 Å². The van der Waals surface area contributed by atoms with E-state index in [1.165, 1.54) is 4.88 Å². The molecule has 108 valence electrons. The van der Waals surface area contributed by atoms with E-state index in [4.69, 9.17) is 0 Å². The van der Waals surface area contributed by atoms with Gasteiger partial charge in [0.2, 0.25) is 11.9 Å². The van der Waals surface area contributed by atoms with Crippen LogP contribution < -0.4 is 16.0 Å². The molecular formula is C13H19N5OS. The number of carbonyl (C=O) groups excluding carboxylic acids is 1.